The van der Waals surface area contributed by atoms with Crippen molar-refractivity contribution in [3.05, 3.63) is 18.5 Å². The third-order valence-electron chi connectivity index (χ3n) is 3.65. The maximum absolute atomic E-state index is 5.40. The molecule has 1 aromatic rings. The first kappa shape index (κ1) is 13.1. The first-order chi connectivity index (χ1) is 8.70. The molecule has 1 aliphatic rings. The monoisotopic (exact) mass is 249 g/mol. The molecule has 0 radical (unpaired) electrons. The van der Waals surface area contributed by atoms with E-state index in [-0.39, 0.29) is 0 Å². The number of nitrogens with one attached hydrogen (secondary N) is 1. The number of pyridine rings is 1. The van der Waals surface area contributed by atoms with E-state index in [9.17, 15) is 0 Å². The highest BCUT2D eigenvalue weighted by Gasteiger charge is 2.21. The zero-order chi connectivity index (χ0) is 13.0. The summed E-state index contributed by atoms with van der Waals surface area (Å²) in [5.41, 5.74) is 2.32. The smallest absolute Gasteiger partial charge is 0.0766 e. The van der Waals surface area contributed by atoms with Crippen molar-refractivity contribution in [3.8, 4) is 0 Å². The van der Waals surface area contributed by atoms with Crippen LogP contribution >= 0.6 is 0 Å². The number of aromatic nitrogens is 1. The minimum Gasteiger partial charge on any atom is -0.381 e. The van der Waals surface area contributed by atoms with Gasteiger partial charge in [0.15, 0.2) is 0 Å². The molecule has 0 aromatic carbocycles. The van der Waals surface area contributed by atoms with Crippen LogP contribution in [0.5, 0.6) is 0 Å². The molecular formula is C14H23N3O. The summed E-state index contributed by atoms with van der Waals surface area (Å²) in [7, 11) is 5.92. The van der Waals surface area contributed by atoms with Crippen LogP contribution in [-0.4, -0.2) is 38.3 Å². The van der Waals surface area contributed by atoms with Crippen LogP contribution in [-0.2, 0) is 4.74 Å². The molecule has 100 valence electrons. The lowest BCUT2D eigenvalue weighted by Gasteiger charge is -2.30. The minimum atomic E-state index is 0.449. The molecule has 0 aliphatic heterocycles. The van der Waals surface area contributed by atoms with E-state index in [2.05, 4.69) is 29.3 Å². The van der Waals surface area contributed by atoms with Crippen LogP contribution in [0.4, 0.5) is 11.4 Å². The number of hydrogen-bond donors (Lipinski definition) is 1. The molecule has 1 aromatic heterocycles. The minimum absolute atomic E-state index is 0.449. The predicted octanol–water partition coefficient (Wildman–Crippen LogP) is 2.52. The fourth-order valence-corrected chi connectivity index (χ4v) is 2.55. The second-order valence-corrected chi connectivity index (χ2v) is 5.14. The summed E-state index contributed by atoms with van der Waals surface area (Å²) in [4.78, 5) is 6.33. The highest BCUT2D eigenvalue weighted by Crippen LogP contribution is 2.28. The predicted molar refractivity (Wildman–Crippen MR) is 75.2 cm³/mol. The van der Waals surface area contributed by atoms with Crippen LogP contribution < -0.4 is 10.2 Å². The lowest BCUT2D eigenvalue weighted by atomic mass is 9.93. The average molecular weight is 249 g/mol. The van der Waals surface area contributed by atoms with Crippen molar-refractivity contribution >= 4 is 11.4 Å². The van der Waals surface area contributed by atoms with Gasteiger partial charge >= 0.3 is 0 Å². The van der Waals surface area contributed by atoms with Gasteiger partial charge in [-0.1, -0.05) is 0 Å². The van der Waals surface area contributed by atoms with Gasteiger partial charge in [0, 0.05) is 33.4 Å². The van der Waals surface area contributed by atoms with E-state index in [4.69, 9.17) is 4.74 Å². The van der Waals surface area contributed by atoms with Gasteiger partial charge in [-0.15, -0.1) is 0 Å². The van der Waals surface area contributed by atoms with E-state index in [0.29, 0.717) is 12.1 Å². The Morgan fingerprint density at radius 2 is 2.00 bits per heavy atom. The summed E-state index contributed by atoms with van der Waals surface area (Å²) in [5, 5.41) is 3.62. The molecule has 1 N–H and O–H groups in total. The lowest BCUT2D eigenvalue weighted by molar-refractivity contribution is 0.0682. The van der Waals surface area contributed by atoms with Crippen LogP contribution in [0, 0.1) is 0 Å². The standard InChI is InChI=1S/C14H23N3O/c1-17(2)14-8-9-15-10-13(14)16-11-4-6-12(18-3)7-5-11/h8-12,16H,4-7H2,1-3H3. The van der Waals surface area contributed by atoms with Crippen molar-refractivity contribution in [1.29, 1.82) is 0 Å². The van der Waals surface area contributed by atoms with Crippen molar-refractivity contribution in [3.63, 3.8) is 0 Å². The molecule has 1 heterocycles. The van der Waals surface area contributed by atoms with Crippen molar-refractivity contribution < 1.29 is 4.74 Å². The Balaban J connectivity index is 1.98. The highest BCUT2D eigenvalue weighted by atomic mass is 16.5. The molecule has 0 unspecified atom stereocenters. The quantitative estimate of drug-likeness (QED) is 0.889. The van der Waals surface area contributed by atoms with Crippen molar-refractivity contribution in [1.82, 2.24) is 4.98 Å². The normalized spacial score (nSPS) is 23.7. The second-order valence-electron chi connectivity index (χ2n) is 5.14. The zero-order valence-corrected chi connectivity index (χ0v) is 11.5. The van der Waals surface area contributed by atoms with Gasteiger partial charge < -0.3 is 15.0 Å². The number of methoxy groups -OCH3 is 1. The number of hydrogen-bond acceptors (Lipinski definition) is 4. The summed E-state index contributed by atoms with van der Waals surface area (Å²) in [5.74, 6) is 0. The van der Waals surface area contributed by atoms with Gasteiger partial charge in [-0.05, 0) is 31.7 Å². The molecule has 4 nitrogen and oxygen atoms in total. The molecule has 0 bridgehead atoms. The first-order valence-corrected chi connectivity index (χ1v) is 6.61. The molecule has 0 saturated heterocycles. The topological polar surface area (TPSA) is 37.4 Å². The summed E-state index contributed by atoms with van der Waals surface area (Å²) >= 11 is 0. The Bertz CT molecular complexity index is 373. The van der Waals surface area contributed by atoms with Crippen LogP contribution in [0.3, 0.4) is 0 Å². The number of anilines is 2. The molecule has 0 spiro atoms. The molecule has 2 rings (SSSR count). The fraction of sp³-hybridized carbons (Fsp3) is 0.643. The average Bonchev–Trinajstić information content (AvgIpc) is 2.40. The van der Waals surface area contributed by atoms with Gasteiger partial charge in [-0.25, -0.2) is 0 Å². The van der Waals surface area contributed by atoms with E-state index in [1.165, 1.54) is 18.5 Å². The summed E-state index contributed by atoms with van der Waals surface area (Å²) < 4.78 is 5.40. The van der Waals surface area contributed by atoms with E-state index < -0.39 is 0 Å². The van der Waals surface area contributed by atoms with E-state index in [1.807, 2.05) is 25.6 Å². The zero-order valence-electron chi connectivity index (χ0n) is 11.5. The van der Waals surface area contributed by atoms with Gasteiger partial charge in [-0.2, -0.15) is 0 Å². The molecule has 0 amide bonds. The Kier molecular flexibility index (Phi) is 4.42. The van der Waals surface area contributed by atoms with Crippen LogP contribution in [0.1, 0.15) is 25.7 Å². The number of rotatable bonds is 4. The second kappa shape index (κ2) is 6.05. The van der Waals surface area contributed by atoms with Gasteiger partial charge in [0.1, 0.15) is 0 Å². The SMILES string of the molecule is COC1CCC(Nc2cnccc2N(C)C)CC1. The van der Waals surface area contributed by atoms with Crippen LogP contribution in [0.2, 0.25) is 0 Å². The van der Waals surface area contributed by atoms with E-state index >= 15 is 0 Å². The van der Waals surface area contributed by atoms with E-state index in [1.54, 1.807) is 0 Å². The lowest BCUT2D eigenvalue weighted by Crippen LogP contribution is -2.29. The molecule has 1 aliphatic carbocycles. The Hall–Kier alpha value is -1.29. The summed E-state index contributed by atoms with van der Waals surface area (Å²) in [6, 6.07) is 2.59. The summed E-state index contributed by atoms with van der Waals surface area (Å²) in [6.07, 6.45) is 8.82. The van der Waals surface area contributed by atoms with Crippen molar-refractivity contribution in [2.75, 3.05) is 31.4 Å². The van der Waals surface area contributed by atoms with Crippen molar-refractivity contribution in [2.24, 2.45) is 0 Å². The van der Waals surface area contributed by atoms with Gasteiger partial charge in [-0.3, -0.25) is 4.98 Å². The first-order valence-electron chi connectivity index (χ1n) is 6.61. The van der Waals surface area contributed by atoms with Gasteiger partial charge in [0.2, 0.25) is 0 Å². The van der Waals surface area contributed by atoms with Gasteiger partial charge in [0.25, 0.3) is 0 Å². The maximum Gasteiger partial charge on any atom is 0.0766 e. The molecule has 18 heavy (non-hydrogen) atoms. The molecular weight excluding hydrogens is 226 g/mol. The molecule has 1 fully saturated rings. The fourth-order valence-electron chi connectivity index (χ4n) is 2.55. The van der Waals surface area contributed by atoms with E-state index in [0.717, 1.165) is 18.5 Å². The molecule has 0 atom stereocenters. The Labute approximate surface area is 109 Å². The van der Waals surface area contributed by atoms with Crippen molar-refractivity contribution in [2.45, 2.75) is 37.8 Å². The van der Waals surface area contributed by atoms with Crippen LogP contribution in [0.15, 0.2) is 18.5 Å². The molecule has 1 saturated carbocycles. The molecule has 4 heteroatoms. The number of nitrogens with zero attached hydrogens (tertiary/aromatic N) is 2. The van der Waals surface area contributed by atoms with Crippen LogP contribution in [0.25, 0.3) is 0 Å². The maximum atomic E-state index is 5.40. The number of ether oxygens (including phenoxy) is 1. The van der Waals surface area contributed by atoms with Gasteiger partial charge in [0.05, 0.1) is 23.7 Å². The Morgan fingerprint density at radius 1 is 1.28 bits per heavy atom. The third kappa shape index (κ3) is 3.13. The largest absolute Gasteiger partial charge is 0.381 e. The third-order valence-corrected chi connectivity index (χ3v) is 3.65. The highest BCUT2D eigenvalue weighted by molar-refractivity contribution is 5.68. The Morgan fingerprint density at radius 3 is 2.61 bits per heavy atom. The summed E-state index contributed by atoms with van der Waals surface area (Å²) in [6.45, 7) is 0.